The van der Waals surface area contributed by atoms with E-state index < -0.39 is 10.9 Å². The summed E-state index contributed by atoms with van der Waals surface area (Å²) in [6.07, 6.45) is 1.35. The molecule has 0 fully saturated rings. The Morgan fingerprint density at radius 3 is 2.42 bits per heavy atom. The third-order valence-electron chi connectivity index (χ3n) is 3.17. The molecule has 124 valence electrons. The summed E-state index contributed by atoms with van der Waals surface area (Å²) in [4.78, 5) is 22.7. The Hall–Kier alpha value is -1.99. The normalized spacial score (nSPS) is 11.2. The van der Waals surface area contributed by atoms with E-state index in [2.05, 4.69) is 31.9 Å². The Kier molecular flexibility index (Phi) is 5.90. The summed E-state index contributed by atoms with van der Waals surface area (Å²) in [6.45, 7) is 3.30. The number of carbonyl (C=O) groups is 1. The van der Waals surface area contributed by atoms with Crippen molar-refractivity contribution < 1.29 is 14.5 Å². The molecule has 0 saturated heterocycles. The van der Waals surface area contributed by atoms with Crippen LogP contribution in [0.1, 0.15) is 28.4 Å². The number of hydrogen-bond donors (Lipinski definition) is 0. The molecular formula is C17H13Br2NO4. The van der Waals surface area contributed by atoms with Gasteiger partial charge in [0.05, 0.1) is 15.0 Å². The molecule has 0 aliphatic carbocycles. The number of nitro groups is 1. The van der Waals surface area contributed by atoms with Crippen molar-refractivity contribution in [1.82, 2.24) is 0 Å². The van der Waals surface area contributed by atoms with Crippen LogP contribution < -0.4 is 4.74 Å². The van der Waals surface area contributed by atoms with Crippen molar-refractivity contribution in [3.8, 4) is 5.75 Å². The van der Waals surface area contributed by atoms with Crippen molar-refractivity contribution in [3.05, 3.63) is 77.8 Å². The Labute approximate surface area is 155 Å². The fourth-order valence-electron chi connectivity index (χ4n) is 1.91. The summed E-state index contributed by atoms with van der Waals surface area (Å²) in [6, 6.07) is 10.3. The van der Waals surface area contributed by atoms with Gasteiger partial charge in [0.15, 0.2) is 5.75 Å². The van der Waals surface area contributed by atoms with E-state index in [1.165, 1.54) is 13.0 Å². The van der Waals surface area contributed by atoms with Gasteiger partial charge in [-0.05, 0) is 47.1 Å². The van der Waals surface area contributed by atoms with Gasteiger partial charge in [-0.1, -0.05) is 33.6 Å². The maximum atomic E-state index is 12.3. The molecule has 0 atom stereocenters. The Bertz CT molecular complexity index is 829. The number of halogens is 2. The largest absolute Gasteiger partial charge is 0.421 e. The molecule has 0 amide bonds. The van der Waals surface area contributed by atoms with Crippen LogP contribution in [0.3, 0.4) is 0 Å². The van der Waals surface area contributed by atoms with Crippen molar-refractivity contribution in [2.24, 2.45) is 0 Å². The first-order valence-electron chi connectivity index (χ1n) is 6.88. The zero-order valence-corrected chi connectivity index (χ0v) is 16.0. The van der Waals surface area contributed by atoms with Crippen LogP contribution in [0.25, 0.3) is 6.08 Å². The number of hydrogen-bond acceptors (Lipinski definition) is 4. The molecule has 0 heterocycles. The topological polar surface area (TPSA) is 69.4 Å². The van der Waals surface area contributed by atoms with Gasteiger partial charge in [0.2, 0.25) is 5.70 Å². The monoisotopic (exact) mass is 453 g/mol. The molecule has 0 aromatic heterocycles. The third-order valence-corrected chi connectivity index (χ3v) is 4.22. The standard InChI is InChI=1S/C17H13Br2NO4/c1-10-3-5-12(6-4-10)17(21)24-16-13(7-11(2)20(22)23)8-14(18)9-15(16)19/h3-9H,1-2H3. The number of aryl methyl sites for hydroxylation is 1. The lowest BCUT2D eigenvalue weighted by Gasteiger charge is -2.11. The summed E-state index contributed by atoms with van der Waals surface area (Å²) in [5.74, 6) is -0.309. The van der Waals surface area contributed by atoms with Crippen molar-refractivity contribution >= 4 is 43.9 Å². The quantitative estimate of drug-likeness (QED) is 0.269. The van der Waals surface area contributed by atoms with E-state index in [4.69, 9.17) is 4.74 Å². The highest BCUT2D eigenvalue weighted by atomic mass is 79.9. The van der Waals surface area contributed by atoms with E-state index in [0.29, 0.717) is 20.1 Å². The molecular weight excluding hydrogens is 442 g/mol. The summed E-state index contributed by atoms with van der Waals surface area (Å²) in [7, 11) is 0. The van der Waals surface area contributed by atoms with Crippen LogP contribution in [-0.2, 0) is 0 Å². The molecule has 0 N–H and O–H groups in total. The van der Waals surface area contributed by atoms with Gasteiger partial charge in [-0.25, -0.2) is 4.79 Å². The summed E-state index contributed by atoms with van der Waals surface area (Å²) in [5.41, 5.74) is 1.79. The predicted octanol–water partition coefficient (Wildman–Crippen LogP) is 5.38. The molecule has 24 heavy (non-hydrogen) atoms. The Morgan fingerprint density at radius 1 is 1.21 bits per heavy atom. The molecule has 0 spiro atoms. The number of allylic oxidation sites excluding steroid dienone is 1. The predicted molar refractivity (Wildman–Crippen MR) is 98.6 cm³/mol. The van der Waals surface area contributed by atoms with Crippen molar-refractivity contribution in [3.63, 3.8) is 0 Å². The van der Waals surface area contributed by atoms with Crippen molar-refractivity contribution in [2.75, 3.05) is 0 Å². The van der Waals surface area contributed by atoms with Crippen LogP contribution >= 0.6 is 31.9 Å². The van der Waals surface area contributed by atoms with Crippen LogP contribution in [0.5, 0.6) is 5.75 Å². The van der Waals surface area contributed by atoms with Crippen LogP contribution in [0, 0.1) is 17.0 Å². The van der Waals surface area contributed by atoms with Crippen LogP contribution in [0.2, 0.25) is 0 Å². The summed E-state index contributed by atoms with van der Waals surface area (Å²) >= 11 is 6.65. The first-order valence-corrected chi connectivity index (χ1v) is 8.47. The van der Waals surface area contributed by atoms with Gasteiger partial charge in [-0.3, -0.25) is 10.1 Å². The zero-order chi connectivity index (χ0) is 17.9. The van der Waals surface area contributed by atoms with E-state index in [9.17, 15) is 14.9 Å². The highest BCUT2D eigenvalue weighted by Crippen LogP contribution is 2.35. The van der Waals surface area contributed by atoms with Gasteiger partial charge in [0.1, 0.15) is 0 Å². The number of rotatable bonds is 4. The number of ether oxygens (including phenoxy) is 1. The molecule has 5 nitrogen and oxygen atoms in total. The van der Waals surface area contributed by atoms with E-state index >= 15 is 0 Å². The SMILES string of the molecule is CC(=Cc1cc(Br)cc(Br)c1OC(=O)c1ccc(C)cc1)[N+](=O)[O-]. The maximum Gasteiger partial charge on any atom is 0.343 e. The van der Waals surface area contributed by atoms with Gasteiger partial charge in [-0.15, -0.1) is 0 Å². The highest BCUT2D eigenvalue weighted by molar-refractivity contribution is 9.11. The average Bonchev–Trinajstić information content (AvgIpc) is 2.51. The third kappa shape index (κ3) is 4.52. The molecule has 0 bridgehead atoms. The fraction of sp³-hybridized carbons (Fsp3) is 0.118. The van der Waals surface area contributed by atoms with Gasteiger partial charge < -0.3 is 4.74 Å². The van der Waals surface area contributed by atoms with Gasteiger partial charge in [-0.2, -0.15) is 0 Å². The lowest BCUT2D eigenvalue weighted by atomic mass is 10.1. The van der Waals surface area contributed by atoms with E-state index in [1.807, 2.05) is 19.1 Å². The number of esters is 1. The molecule has 7 heteroatoms. The molecule has 2 aromatic carbocycles. The average molecular weight is 455 g/mol. The lowest BCUT2D eigenvalue weighted by molar-refractivity contribution is -0.422. The van der Waals surface area contributed by atoms with Crippen LogP contribution in [-0.4, -0.2) is 10.9 Å². The summed E-state index contributed by atoms with van der Waals surface area (Å²) < 4.78 is 6.68. The van der Waals surface area contributed by atoms with Crippen molar-refractivity contribution in [1.29, 1.82) is 0 Å². The Morgan fingerprint density at radius 2 is 1.83 bits per heavy atom. The van der Waals surface area contributed by atoms with Crippen molar-refractivity contribution in [2.45, 2.75) is 13.8 Å². The molecule has 0 radical (unpaired) electrons. The number of nitrogens with zero attached hydrogens (tertiary/aromatic N) is 1. The molecule has 0 unspecified atom stereocenters. The number of benzene rings is 2. The minimum Gasteiger partial charge on any atom is -0.421 e. The molecule has 2 aromatic rings. The maximum absolute atomic E-state index is 12.3. The first-order chi connectivity index (χ1) is 11.3. The van der Waals surface area contributed by atoms with Crippen LogP contribution in [0.15, 0.2) is 51.0 Å². The van der Waals surface area contributed by atoms with Gasteiger partial charge in [0, 0.05) is 23.0 Å². The molecule has 2 rings (SSSR count). The zero-order valence-electron chi connectivity index (χ0n) is 12.9. The second-order valence-corrected chi connectivity index (χ2v) is 6.87. The lowest BCUT2D eigenvalue weighted by Crippen LogP contribution is -2.10. The van der Waals surface area contributed by atoms with Gasteiger partial charge in [0.25, 0.3) is 0 Å². The van der Waals surface area contributed by atoms with E-state index in [-0.39, 0.29) is 11.4 Å². The van der Waals surface area contributed by atoms with Gasteiger partial charge >= 0.3 is 5.97 Å². The number of carbonyl (C=O) groups excluding carboxylic acids is 1. The molecule has 0 aliphatic rings. The molecule has 0 saturated carbocycles. The minimum absolute atomic E-state index is 0.0624. The smallest absolute Gasteiger partial charge is 0.343 e. The first kappa shape index (κ1) is 18.4. The van der Waals surface area contributed by atoms with Crippen LogP contribution in [0.4, 0.5) is 0 Å². The highest BCUT2D eigenvalue weighted by Gasteiger charge is 2.16. The molecule has 0 aliphatic heterocycles. The van der Waals surface area contributed by atoms with E-state index in [1.54, 1.807) is 24.3 Å². The minimum atomic E-state index is -0.536. The second-order valence-electron chi connectivity index (χ2n) is 5.10. The van der Waals surface area contributed by atoms with E-state index in [0.717, 1.165) is 5.56 Å². The second kappa shape index (κ2) is 7.72. The Balaban J connectivity index is 2.42. The fourth-order valence-corrected chi connectivity index (χ4v) is 3.25. The summed E-state index contributed by atoms with van der Waals surface area (Å²) in [5, 5.41) is 10.9.